The smallest absolute Gasteiger partial charge is 0.368 e. The van der Waals surface area contributed by atoms with Gasteiger partial charge in [0.15, 0.2) is 0 Å². The number of piperazine rings is 1. The fraction of sp³-hybridized carbons (Fsp3) is 0.458. The van der Waals surface area contributed by atoms with Gasteiger partial charge < -0.3 is 14.7 Å². The third-order valence-corrected chi connectivity index (χ3v) is 6.90. The molecule has 2 atom stereocenters. The maximum absolute atomic E-state index is 13.4. The molecule has 2 aromatic rings. The van der Waals surface area contributed by atoms with E-state index in [1.165, 1.54) is 12.1 Å². The summed E-state index contributed by atoms with van der Waals surface area (Å²) >= 11 is 0. The summed E-state index contributed by atoms with van der Waals surface area (Å²) in [6, 6.07) is 14.1. The Morgan fingerprint density at radius 3 is 2.39 bits per heavy atom. The second kappa shape index (κ2) is 7.77. The fourth-order valence-electron chi connectivity index (χ4n) is 5.33. The highest BCUT2D eigenvalue weighted by molar-refractivity contribution is 5.83. The second-order valence-electron chi connectivity index (χ2n) is 8.73. The molecule has 0 radical (unpaired) electrons. The molecule has 0 aliphatic carbocycles. The van der Waals surface area contributed by atoms with Crippen LogP contribution in [-0.2, 0) is 17.4 Å². The van der Waals surface area contributed by atoms with Crippen LogP contribution in [0.25, 0.3) is 0 Å². The molecule has 31 heavy (non-hydrogen) atoms. The predicted molar refractivity (Wildman–Crippen MR) is 114 cm³/mol. The lowest BCUT2D eigenvalue weighted by molar-refractivity contribution is -0.137. The number of para-hydroxylation sites is 1. The lowest BCUT2D eigenvalue weighted by Gasteiger charge is -2.50. The quantitative estimate of drug-likeness (QED) is 0.716. The lowest BCUT2D eigenvalue weighted by Crippen LogP contribution is -2.61. The van der Waals surface area contributed by atoms with Crippen molar-refractivity contribution in [1.29, 1.82) is 0 Å². The molecule has 2 aromatic carbocycles. The molecule has 3 aliphatic heterocycles. The molecule has 2 unspecified atom stereocenters. The van der Waals surface area contributed by atoms with E-state index in [4.69, 9.17) is 0 Å². The van der Waals surface area contributed by atoms with Gasteiger partial charge >= 0.3 is 6.18 Å². The van der Waals surface area contributed by atoms with Crippen molar-refractivity contribution in [3.8, 4) is 0 Å². The zero-order valence-electron chi connectivity index (χ0n) is 17.3. The summed E-state index contributed by atoms with van der Waals surface area (Å²) in [5.41, 5.74) is 1.96. The average molecular weight is 429 g/mol. The predicted octanol–water partition coefficient (Wildman–Crippen LogP) is 4.20. The molecule has 0 aromatic heterocycles. The first-order valence-electron chi connectivity index (χ1n) is 11.0. The molecule has 0 spiro atoms. The molecule has 3 heterocycles. The number of benzene rings is 2. The van der Waals surface area contributed by atoms with Gasteiger partial charge in [0, 0.05) is 44.1 Å². The van der Waals surface area contributed by atoms with Crippen molar-refractivity contribution in [3.63, 3.8) is 0 Å². The monoisotopic (exact) mass is 429 g/mol. The van der Waals surface area contributed by atoms with E-state index in [1.807, 2.05) is 23.1 Å². The van der Waals surface area contributed by atoms with Crippen LogP contribution in [0.3, 0.4) is 0 Å². The molecule has 164 valence electrons. The number of hydrogen-bond acceptors (Lipinski definition) is 3. The van der Waals surface area contributed by atoms with E-state index in [0.29, 0.717) is 25.1 Å². The Bertz CT molecular complexity index is 956. The third kappa shape index (κ3) is 3.75. The van der Waals surface area contributed by atoms with Crippen molar-refractivity contribution in [2.45, 2.75) is 31.5 Å². The van der Waals surface area contributed by atoms with Crippen molar-refractivity contribution in [1.82, 2.24) is 4.90 Å². The van der Waals surface area contributed by atoms with Gasteiger partial charge in [-0.25, -0.2) is 0 Å². The first kappa shape index (κ1) is 20.2. The number of fused-ring (bicyclic) bond motifs is 3. The summed E-state index contributed by atoms with van der Waals surface area (Å²) < 4.78 is 40.0. The first-order valence-corrected chi connectivity index (χ1v) is 11.0. The summed E-state index contributed by atoms with van der Waals surface area (Å²) in [6.45, 7) is 3.64. The Hall–Kier alpha value is -2.70. The van der Waals surface area contributed by atoms with E-state index >= 15 is 0 Å². The molecule has 2 fully saturated rings. The van der Waals surface area contributed by atoms with Gasteiger partial charge in [0.05, 0.1) is 17.5 Å². The van der Waals surface area contributed by atoms with Gasteiger partial charge in [0.2, 0.25) is 5.91 Å². The molecule has 5 rings (SSSR count). The summed E-state index contributed by atoms with van der Waals surface area (Å²) in [7, 11) is 0. The number of hydrogen-bond donors (Lipinski definition) is 0. The number of nitrogens with zero attached hydrogens (tertiary/aromatic N) is 3. The van der Waals surface area contributed by atoms with Crippen molar-refractivity contribution in [2.75, 3.05) is 42.5 Å². The number of halogens is 3. The van der Waals surface area contributed by atoms with Crippen molar-refractivity contribution in [3.05, 3.63) is 59.7 Å². The Balaban J connectivity index is 1.50. The SMILES string of the molecule is O=C(C1Cc2cc(C(F)(F)F)ccc2N2CCN(c3ccccc3)CC12)N1CCCC1. The van der Waals surface area contributed by atoms with Gasteiger partial charge in [-0.3, -0.25) is 4.79 Å². The van der Waals surface area contributed by atoms with Crippen molar-refractivity contribution in [2.24, 2.45) is 5.92 Å². The highest BCUT2D eigenvalue weighted by atomic mass is 19.4. The van der Waals surface area contributed by atoms with Crippen LogP contribution in [0.2, 0.25) is 0 Å². The number of likely N-dealkylation sites (tertiary alicyclic amines) is 1. The summed E-state index contributed by atoms with van der Waals surface area (Å²) in [6.07, 6.45) is -2.03. The molecule has 3 aliphatic rings. The van der Waals surface area contributed by atoms with Crippen molar-refractivity contribution < 1.29 is 18.0 Å². The van der Waals surface area contributed by atoms with Crippen LogP contribution in [0, 0.1) is 5.92 Å². The minimum Gasteiger partial charge on any atom is -0.368 e. The first-order chi connectivity index (χ1) is 14.9. The fourth-order valence-corrected chi connectivity index (χ4v) is 5.33. The van der Waals surface area contributed by atoms with Crippen LogP contribution in [0.5, 0.6) is 0 Å². The van der Waals surface area contributed by atoms with Crippen LogP contribution in [0.1, 0.15) is 24.0 Å². The molecule has 4 nitrogen and oxygen atoms in total. The Morgan fingerprint density at radius 2 is 1.68 bits per heavy atom. The van der Waals surface area contributed by atoms with Crippen LogP contribution in [0.15, 0.2) is 48.5 Å². The molecular formula is C24H26F3N3O. The third-order valence-electron chi connectivity index (χ3n) is 6.90. The summed E-state index contributed by atoms with van der Waals surface area (Å²) in [5.74, 6) is -0.244. The number of rotatable bonds is 2. The van der Waals surface area contributed by atoms with Gasteiger partial charge in [-0.2, -0.15) is 13.2 Å². The van der Waals surface area contributed by atoms with Crippen LogP contribution in [-0.4, -0.2) is 49.6 Å². The van der Waals surface area contributed by atoms with Gasteiger partial charge in [-0.05, 0) is 55.2 Å². The minimum absolute atomic E-state index is 0.0497. The maximum atomic E-state index is 13.4. The second-order valence-corrected chi connectivity index (χ2v) is 8.73. The van der Waals surface area contributed by atoms with Gasteiger partial charge in [0.1, 0.15) is 0 Å². The Morgan fingerprint density at radius 1 is 0.935 bits per heavy atom. The van der Waals surface area contributed by atoms with E-state index < -0.39 is 11.7 Å². The van der Waals surface area contributed by atoms with E-state index in [-0.39, 0.29) is 17.9 Å². The van der Waals surface area contributed by atoms with Crippen molar-refractivity contribution >= 4 is 17.3 Å². The number of amides is 1. The van der Waals surface area contributed by atoms with E-state index in [2.05, 4.69) is 21.9 Å². The topological polar surface area (TPSA) is 26.8 Å². The minimum atomic E-state index is -4.38. The molecule has 2 saturated heterocycles. The highest BCUT2D eigenvalue weighted by Gasteiger charge is 2.44. The van der Waals surface area contributed by atoms with Gasteiger partial charge in [-0.1, -0.05) is 18.2 Å². The van der Waals surface area contributed by atoms with Crippen LogP contribution in [0.4, 0.5) is 24.5 Å². The Labute approximate surface area is 180 Å². The van der Waals surface area contributed by atoms with Gasteiger partial charge in [-0.15, -0.1) is 0 Å². The highest BCUT2D eigenvalue weighted by Crippen LogP contribution is 2.40. The van der Waals surface area contributed by atoms with E-state index in [1.54, 1.807) is 6.07 Å². The Kier molecular flexibility index (Phi) is 5.07. The van der Waals surface area contributed by atoms with Gasteiger partial charge in [0.25, 0.3) is 0 Å². The molecule has 0 bridgehead atoms. The van der Waals surface area contributed by atoms with E-state index in [9.17, 15) is 18.0 Å². The molecule has 0 saturated carbocycles. The maximum Gasteiger partial charge on any atom is 0.416 e. The number of carbonyl (C=O) groups is 1. The lowest BCUT2D eigenvalue weighted by atomic mass is 9.82. The number of anilines is 2. The molecule has 1 amide bonds. The normalized spacial score (nSPS) is 23.5. The standard InChI is InChI=1S/C24H26F3N3O/c25-24(26,27)18-8-9-21-17(14-18)15-20(23(31)28-10-4-5-11-28)22-16-29(12-13-30(21)22)19-6-2-1-3-7-19/h1-3,6-9,14,20,22H,4-5,10-13,15-16H2. The number of carbonyl (C=O) groups excluding carboxylic acids is 1. The molecule has 7 heteroatoms. The van der Waals surface area contributed by atoms with E-state index in [0.717, 1.165) is 43.9 Å². The summed E-state index contributed by atoms with van der Waals surface area (Å²) in [4.78, 5) is 19.8. The van der Waals surface area contributed by atoms with Crippen LogP contribution < -0.4 is 9.80 Å². The largest absolute Gasteiger partial charge is 0.416 e. The zero-order valence-corrected chi connectivity index (χ0v) is 17.3. The molecule has 0 N–H and O–H groups in total. The summed E-state index contributed by atoms with van der Waals surface area (Å²) in [5, 5.41) is 0. The molecular weight excluding hydrogens is 403 g/mol. The average Bonchev–Trinajstić information content (AvgIpc) is 3.32. The number of alkyl halides is 3. The zero-order chi connectivity index (χ0) is 21.6. The van der Waals surface area contributed by atoms with Crippen LogP contribution >= 0.6 is 0 Å².